The highest BCUT2D eigenvalue weighted by Gasteiger charge is 2.42. The predicted octanol–water partition coefficient (Wildman–Crippen LogP) is -0.495. The molecule has 1 aliphatic rings. The van der Waals surface area contributed by atoms with Crippen molar-refractivity contribution in [2.75, 3.05) is 61.3 Å². The molecule has 1 heterocycles. The Balaban J connectivity index is 2.24. The molecule has 0 amide bonds. The van der Waals surface area contributed by atoms with E-state index in [-0.39, 0.29) is 18.3 Å². The van der Waals surface area contributed by atoms with Crippen molar-refractivity contribution in [3.05, 3.63) is 0 Å². The number of rotatable bonds is 10. The second-order valence-corrected chi connectivity index (χ2v) is 5.05. The Kier molecular flexibility index (Phi) is 8.67. The van der Waals surface area contributed by atoms with E-state index in [2.05, 4.69) is 4.90 Å². The van der Waals surface area contributed by atoms with E-state index in [9.17, 15) is 0 Å². The van der Waals surface area contributed by atoms with Crippen LogP contribution in [0.2, 0.25) is 0 Å². The van der Waals surface area contributed by atoms with Gasteiger partial charge in [-0.15, -0.1) is 0 Å². The summed E-state index contributed by atoms with van der Waals surface area (Å²) in [5, 5.41) is 0. The number of ether oxygens (including phenoxy) is 5. The molecule has 4 atom stereocenters. The van der Waals surface area contributed by atoms with Crippen molar-refractivity contribution in [1.82, 2.24) is 4.90 Å². The van der Waals surface area contributed by atoms with E-state index in [1.54, 1.807) is 14.2 Å². The minimum Gasteiger partial charge on any atom is -0.382 e. The largest absolute Gasteiger partial charge is 0.382 e. The molecule has 1 saturated heterocycles. The number of hydrogen-bond donors (Lipinski definition) is 0. The fraction of sp³-hybridized carbons (Fsp3) is 1.00. The SMILES string of the molecule is [B][C@@H]1O[C@H](COC)[C@@H](OC)[C@H]1OCCOCCN(C)C. The van der Waals surface area contributed by atoms with Crippen LogP contribution in [-0.4, -0.2) is 98.3 Å². The van der Waals surface area contributed by atoms with E-state index in [1.807, 2.05) is 14.1 Å². The second kappa shape index (κ2) is 9.71. The maximum Gasteiger partial charge on any atom is 0.113 e. The highest BCUT2D eigenvalue weighted by Crippen LogP contribution is 2.24. The first kappa shape index (κ1) is 17.9. The summed E-state index contributed by atoms with van der Waals surface area (Å²) in [7, 11) is 13.2. The zero-order valence-electron chi connectivity index (χ0n) is 12.9. The molecule has 0 bridgehead atoms. The number of nitrogens with zero attached hydrogens (tertiary/aromatic N) is 1. The van der Waals surface area contributed by atoms with Crippen LogP contribution in [0.5, 0.6) is 0 Å². The first-order valence-electron chi connectivity index (χ1n) is 6.87. The fourth-order valence-corrected chi connectivity index (χ4v) is 2.12. The van der Waals surface area contributed by atoms with Gasteiger partial charge in [0.25, 0.3) is 0 Å². The summed E-state index contributed by atoms with van der Waals surface area (Å²) in [5.74, 6) is 0. The zero-order chi connectivity index (χ0) is 15.0. The molecule has 0 aromatic carbocycles. The van der Waals surface area contributed by atoms with Crippen molar-refractivity contribution in [3.8, 4) is 0 Å². The molecule has 1 aliphatic heterocycles. The van der Waals surface area contributed by atoms with Gasteiger partial charge in [-0.05, 0) is 14.1 Å². The van der Waals surface area contributed by atoms with Gasteiger partial charge in [-0.2, -0.15) is 0 Å². The third kappa shape index (κ3) is 5.67. The van der Waals surface area contributed by atoms with E-state index in [1.165, 1.54) is 0 Å². The monoisotopic (exact) mass is 287 g/mol. The Labute approximate surface area is 123 Å². The lowest BCUT2D eigenvalue weighted by Gasteiger charge is -2.22. The van der Waals surface area contributed by atoms with Crippen LogP contribution in [0, 0.1) is 0 Å². The smallest absolute Gasteiger partial charge is 0.113 e. The molecule has 0 aliphatic carbocycles. The van der Waals surface area contributed by atoms with Gasteiger partial charge in [0.2, 0.25) is 0 Å². The summed E-state index contributed by atoms with van der Waals surface area (Å²) in [6, 6.07) is -0.498. The Bertz CT molecular complexity index is 257. The Morgan fingerprint density at radius 2 is 1.85 bits per heavy atom. The summed E-state index contributed by atoms with van der Waals surface area (Å²) in [6.45, 7) is 3.01. The summed E-state index contributed by atoms with van der Waals surface area (Å²) in [5.41, 5.74) is 0. The van der Waals surface area contributed by atoms with Gasteiger partial charge in [0.1, 0.15) is 26.2 Å². The first-order chi connectivity index (χ1) is 9.60. The van der Waals surface area contributed by atoms with Crippen molar-refractivity contribution in [2.45, 2.75) is 24.3 Å². The lowest BCUT2D eigenvalue weighted by molar-refractivity contribution is -0.0659. The van der Waals surface area contributed by atoms with Crippen molar-refractivity contribution in [1.29, 1.82) is 0 Å². The summed E-state index contributed by atoms with van der Waals surface area (Å²) < 4.78 is 27.3. The minimum atomic E-state index is -0.498. The van der Waals surface area contributed by atoms with Crippen LogP contribution >= 0.6 is 0 Å². The van der Waals surface area contributed by atoms with Crippen molar-refractivity contribution in [2.24, 2.45) is 0 Å². The molecule has 116 valence electrons. The van der Waals surface area contributed by atoms with E-state index < -0.39 is 6.00 Å². The molecule has 0 unspecified atom stereocenters. The van der Waals surface area contributed by atoms with E-state index >= 15 is 0 Å². The van der Waals surface area contributed by atoms with Gasteiger partial charge >= 0.3 is 0 Å². The standard InChI is InChI=1S/C13H26BNO5/c1-15(2)5-6-18-7-8-19-12-11(17-4)10(9-16-3)20-13(12)14/h10-13H,5-9H2,1-4H3/t10-,11-,12-,13-/m1/s1. The van der Waals surface area contributed by atoms with Gasteiger partial charge in [0.15, 0.2) is 0 Å². The van der Waals surface area contributed by atoms with E-state index in [0.29, 0.717) is 26.4 Å². The third-order valence-corrected chi connectivity index (χ3v) is 3.17. The lowest BCUT2D eigenvalue weighted by Crippen LogP contribution is -2.39. The normalized spacial score (nSPS) is 30.2. The molecule has 0 saturated carbocycles. The molecule has 0 aromatic rings. The van der Waals surface area contributed by atoms with Crippen LogP contribution < -0.4 is 0 Å². The average Bonchev–Trinajstić information content (AvgIpc) is 2.69. The van der Waals surface area contributed by atoms with Gasteiger partial charge in [0, 0.05) is 26.8 Å². The van der Waals surface area contributed by atoms with Crippen LogP contribution in [0.25, 0.3) is 0 Å². The Hall–Kier alpha value is -0.175. The van der Waals surface area contributed by atoms with Crippen LogP contribution in [0.1, 0.15) is 0 Å². The molecule has 2 radical (unpaired) electrons. The molecule has 1 fully saturated rings. The molecule has 6 nitrogen and oxygen atoms in total. The number of likely N-dealkylation sites (N-methyl/N-ethyl adjacent to an activating group) is 1. The highest BCUT2D eigenvalue weighted by molar-refractivity contribution is 6.11. The predicted molar refractivity (Wildman–Crippen MR) is 76.2 cm³/mol. The van der Waals surface area contributed by atoms with Crippen molar-refractivity contribution in [3.63, 3.8) is 0 Å². The quantitative estimate of drug-likeness (QED) is 0.399. The Morgan fingerprint density at radius 1 is 1.10 bits per heavy atom. The maximum atomic E-state index is 5.92. The first-order valence-corrected chi connectivity index (χ1v) is 6.87. The zero-order valence-corrected chi connectivity index (χ0v) is 12.9. The molecule has 0 spiro atoms. The maximum absolute atomic E-state index is 5.92. The van der Waals surface area contributed by atoms with E-state index in [0.717, 1.165) is 6.54 Å². The topological polar surface area (TPSA) is 49.4 Å². The lowest BCUT2D eigenvalue weighted by atomic mass is 9.93. The fourth-order valence-electron chi connectivity index (χ4n) is 2.12. The molecule has 0 aromatic heterocycles. The summed E-state index contributed by atoms with van der Waals surface area (Å²) in [4.78, 5) is 2.07. The van der Waals surface area contributed by atoms with E-state index in [4.69, 9.17) is 31.5 Å². The van der Waals surface area contributed by atoms with Crippen LogP contribution in [0.15, 0.2) is 0 Å². The summed E-state index contributed by atoms with van der Waals surface area (Å²) in [6.07, 6.45) is -0.705. The second-order valence-electron chi connectivity index (χ2n) is 5.05. The third-order valence-electron chi connectivity index (χ3n) is 3.17. The van der Waals surface area contributed by atoms with Gasteiger partial charge in [-0.3, -0.25) is 0 Å². The molecule has 20 heavy (non-hydrogen) atoms. The number of methoxy groups -OCH3 is 2. The molecule has 0 N–H and O–H groups in total. The van der Waals surface area contributed by atoms with Gasteiger partial charge < -0.3 is 28.6 Å². The molecule has 1 rings (SSSR count). The van der Waals surface area contributed by atoms with Crippen molar-refractivity contribution >= 4 is 7.85 Å². The van der Waals surface area contributed by atoms with Crippen LogP contribution in [0.3, 0.4) is 0 Å². The highest BCUT2D eigenvalue weighted by atomic mass is 16.6. The van der Waals surface area contributed by atoms with Crippen LogP contribution in [0.4, 0.5) is 0 Å². The number of hydrogen-bond acceptors (Lipinski definition) is 6. The molecular formula is C13H26BNO5. The molecular weight excluding hydrogens is 261 g/mol. The van der Waals surface area contributed by atoms with Crippen molar-refractivity contribution < 1.29 is 23.7 Å². The van der Waals surface area contributed by atoms with Crippen LogP contribution in [-0.2, 0) is 23.7 Å². The van der Waals surface area contributed by atoms with Gasteiger partial charge in [-0.25, -0.2) is 0 Å². The minimum absolute atomic E-state index is 0.195. The molecule has 7 heteroatoms. The average molecular weight is 287 g/mol. The van der Waals surface area contributed by atoms with Gasteiger partial charge in [0.05, 0.1) is 26.4 Å². The van der Waals surface area contributed by atoms with Gasteiger partial charge in [-0.1, -0.05) is 0 Å². The summed E-state index contributed by atoms with van der Waals surface area (Å²) >= 11 is 0. The Morgan fingerprint density at radius 3 is 2.45 bits per heavy atom.